The lowest BCUT2D eigenvalue weighted by molar-refractivity contribution is -0.145. The smallest absolute Gasteiger partial charge is 0.328 e. The van der Waals surface area contributed by atoms with E-state index in [1.54, 1.807) is 36.4 Å². The molecule has 2 heterocycles. The highest BCUT2D eigenvalue weighted by molar-refractivity contribution is 6.42. The predicted octanol–water partition coefficient (Wildman–Crippen LogP) is 7.69. The predicted molar refractivity (Wildman–Crippen MR) is 212 cm³/mol. The summed E-state index contributed by atoms with van der Waals surface area (Å²) in [5.41, 5.74) is 7.67. The molecule has 12 heteroatoms. The molecule has 1 amide bonds. The topological polar surface area (TPSA) is 127 Å². The molecule has 0 spiro atoms. The maximum Gasteiger partial charge on any atom is 0.328 e. The zero-order valence-electron chi connectivity index (χ0n) is 29.6. The molecule has 3 atom stereocenters. The fourth-order valence-corrected chi connectivity index (χ4v) is 7.03. The molecule has 9 nitrogen and oxygen atoms in total. The Balaban J connectivity index is 0.00000514. The highest BCUT2D eigenvalue weighted by Crippen LogP contribution is 2.37. The molecule has 0 saturated heterocycles. The molecule has 2 N–H and O–H groups in total. The summed E-state index contributed by atoms with van der Waals surface area (Å²) in [5.74, 6) is 0.347. The van der Waals surface area contributed by atoms with Gasteiger partial charge < -0.3 is 24.8 Å². The van der Waals surface area contributed by atoms with Crippen LogP contribution in [0.5, 0.6) is 11.5 Å². The molecule has 0 saturated carbocycles. The summed E-state index contributed by atoms with van der Waals surface area (Å²) < 4.78 is 17.2. The van der Waals surface area contributed by atoms with Gasteiger partial charge in [0.1, 0.15) is 24.1 Å². The van der Waals surface area contributed by atoms with Crippen LogP contribution in [0.4, 0.5) is 0 Å². The fraction of sp³-hybridized carbons (Fsp3) is 0.209. The minimum atomic E-state index is -0.888. The first kappa shape index (κ1) is 39.3. The highest BCUT2D eigenvalue weighted by atomic mass is 35.5. The van der Waals surface area contributed by atoms with Gasteiger partial charge in [0, 0.05) is 30.5 Å². The van der Waals surface area contributed by atoms with Crippen LogP contribution in [0, 0.1) is 11.3 Å². The number of carbonyl (C=O) groups excluding carboxylic acids is 3. The molecule has 1 unspecified atom stereocenters. The molecule has 0 aromatic heterocycles. The number of ketones is 1. The van der Waals surface area contributed by atoms with Gasteiger partial charge in [0.15, 0.2) is 11.9 Å². The van der Waals surface area contributed by atoms with Crippen LogP contribution in [0.2, 0.25) is 10.0 Å². The van der Waals surface area contributed by atoms with Crippen molar-refractivity contribution < 1.29 is 28.6 Å². The number of benzene rings is 5. The normalized spacial score (nSPS) is 16.2. The number of esters is 1. The fourth-order valence-electron chi connectivity index (χ4n) is 6.71. The van der Waals surface area contributed by atoms with Crippen LogP contribution in [-0.2, 0) is 51.5 Å². The van der Waals surface area contributed by atoms with Crippen LogP contribution in [0.3, 0.4) is 0 Å². The van der Waals surface area contributed by atoms with Gasteiger partial charge in [-0.3, -0.25) is 9.59 Å². The maximum atomic E-state index is 13.5. The monoisotopic (exact) mass is 795 g/mol. The van der Waals surface area contributed by atoms with E-state index in [0.717, 1.165) is 44.5 Å². The number of rotatable bonds is 10. The van der Waals surface area contributed by atoms with Crippen molar-refractivity contribution in [2.45, 2.75) is 50.6 Å². The van der Waals surface area contributed by atoms with Crippen molar-refractivity contribution in [2.75, 3.05) is 7.11 Å². The number of hydrogen-bond acceptors (Lipinski definition) is 8. The standard InChI is InChI=1S/C43H35Cl2N3O6.ClH/c1-52-43(51)38(17-25-2-7-28(8-3-25)29-9-4-26(22-46)5-10-29)48-42(50)37-19-31-18-32-20-39(49)41(54-40(32)21-33(31)23-47-37)30-11-13-34(14-12-30)53-24-27-6-15-35(44)36(45)16-27;/h2-16,18,21,37-38,41,47H,17,19-20,23-24H2,1H3,(H,48,50);1H/t37-,38-,41?;/m0./s1. The molecule has 0 bridgehead atoms. The Labute approximate surface area is 334 Å². The quantitative estimate of drug-likeness (QED) is 0.138. The minimum absolute atomic E-state index is 0. The van der Waals surface area contributed by atoms with Crippen molar-refractivity contribution >= 4 is 53.3 Å². The van der Waals surface area contributed by atoms with Crippen molar-refractivity contribution in [3.05, 3.63) is 152 Å². The number of nitriles is 1. The maximum absolute atomic E-state index is 13.5. The van der Waals surface area contributed by atoms with Crippen LogP contribution in [0.15, 0.2) is 103 Å². The first-order valence-electron chi connectivity index (χ1n) is 17.4. The van der Waals surface area contributed by atoms with E-state index < -0.39 is 24.2 Å². The summed E-state index contributed by atoms with van der Waals surface area (Å²) in [5, 5.41) is 16.2. The Morgan fingerprint density at radius 2 is 1.58 bits per heavy atom. The second-order valence-corrected chi connectivity index (χ2v) is 14.1. The van der Waals surface area contributed by atoms with Gasteiger partial charge in [-0.2, -0.15) is 5.26 Å². The summed E-state index contributed by atoms with van der Waals surface area (Å²) in [4.78, 5) is 39.6. The zero-order valence-corrected chi connectivity index (χ0v) is 32.0. The van der Waals surface area contributed by atoms with E-state index in [9.17, 15) is 14.4 Å². The summed E-state index contributed by atoms with van der Waals surface area (Å²) in [6, 6.07) is 32.1. The molecule has 7 rings (SSSR count). The van der Waals surface area contributed by atoms with Gasteiger partial charge in [-0.15, -0.1) is 12.4 Å². The Bertz CT molecular complexity index is 2260. The molecule has 2 aliphatic heterocycles. The van der Waals surface area contributed by atoms with Crippen molar-refractivity contribution in [3.8, 4) is 28.7 Å². The van der Waals surface area contributed by atoms with Crippen LogP contribution >= 0.6 is 35.6 Å². The van der Waals surface area contributed by atoms with Crippen molar-refractivity contribution in [3.63, 3.8) is 0 Å². The Morgan fingerprint density at radius 1 is 0.891 bits per heavy atom. The summed E-state index contributed by atoms with van der Waals surface area (Å²) in [6.45, 7) is 0.723. The Kier molecular flexibility index (Phi) is 12.4. The van der Waals surface area contributed by atoms with Gasteiger partial charge in [0.05, 0.1) is 34.8 Å². The van der Waals surface area contributed by atoms with Crippen molar-refractivity contribution in [2.24, 2.45) is 0 Å². The average Bonchev–Trinajstić information content (AvgIpc) is 3.20. The van der Waals surface area contributed by atoms with Crippen LogP contribution in [-0.4, -0.2) is 36.9 Å². The number of fused-ring (bicyclic) bond motifs is 2. The molecule has 280 valence electrons. The number of carbonyl (C=O) groups is 3. The van der Waals surface area contributed by atoms with Crippen LogP contribution in [0.25, 0.3) is 11.1 Å². The molecule has 0 fully saturated rings. The second kappa shape index (κ2) is 17.4. The third kappa shape index (κ3) is 9.13. The summed E-state index contributed by atoms with van der Waals surface area (Å²) in [7, 11) is 1.30. The number of hydrogen-bond donors (Lipinski definition) is 2. The van der Waals surface area contributed by atoms with E-state index >= 15 is 0 Å². The number of amides is 1. The van der Waals surface area contributed by atoms with Gasteiger partial charge in [0.2, 0.25) is 5.91 Å². The molecule has 5 aromatic carbocycles. The van der Waals surface area contributed by atoms with Crippen molar-refractivity contribution in [1.29, 1.82) is 5.26 Å². The van der Waals surface area contributed by atoms with Gasteiger partial charge in [-0.1, -0.05) is 83.9 Å². The van der Waals surface area contributed by atoms with E-state index in [4.69, 9.17) is 42.7 Å². The van der Waals surface area contributed by atoms with Gasteiger partial charge >= 0.3 is 5.97 Å². The number of methoxy groups -OCH3 is 1. The number of Topliss-reactive ketones (excluding diaryl/α,β-unsaturated/α-hetero) is 1. The molecular weight excluding hydrogens is 761 g/mol. The highest BCUT2D eigenvalue weighted by Gasteiger charge is 2.33. The SMILES string of the molecule is COC(=O)[C@H](Cc1ccc(-c2ccc(C#N)cc2)cc1)NC(=O)[C@@H]1Cc2cc3c(cc2CN1)OC(c1ccc(OCc2ccc(Cl)c(Cl)c2)cc1)C(=O)C3.Cl. The lowest BCUT2D eigenvalue weighted by Crippen LogP contribution is -2.53. The molecule has 55 heavy (non-hydrogen) atoms. The zero-order chi connectivity index (χ0) is 37.8. The number of halogens is 3. The van der Waals surface area contributed by atoms with E-state index in [-0.39, 0.29) is 36.9 Å². The molecule has 2 aliphatic rings. The van der Waals surface area contributed by atoms with Crippen molar-refractivity contribution in [1.82, 2.24) is 10.6 Å². The van der Waals surface area contributed by atoms with E-state index in [2.05, 4.69) is 16.7 Å². The minimum Gasteiger partial charge on any atom is -0.489 e. The first-order valence-corrected chi connectivity index (χ1v) is 18.1. The summed E-state index contributed by atoms with van der Waals surface area (Å²) >= 11 is 12.1. The van der Waals surface area contributed by atoms with Crippen LogP contribution in [0.1, 0.15) is 45.0 Å². The third-order valence-corrected chi connectivity index (χ3v) is 10.4. The average molecular weight is 797 g/mol. The van der Waals surface area contributed by atoms with E-state index in [0.29, 0.717) is 46.7 Å². The van der Waals surface area contributed by atoms with Crippen LogP contribution < -0.4 is 20.1 Å². The molecular formula is C43H36Cl3N3O6. The van der Waals surface area contributed by atoms with Gasteiger partial charge in [-0.25, -0.2) is 4.79 Å². The lowest BCUT2D eigenvalue weighted by Gasteiger charge is -2.30. The molecule has 0 aliphatic carbocycles. The third-order valence-electron chi connectivity index (χ3n) is 9.68. The number of nitrogens with one attached hydrogen (secondary N) is 2. The second-order valence-electron chi connectivity index (χ2n) is 13.3. The van der Waals surface area contributed by atoms with Gasteiger partial charge in [0.25, 0.3) is 0 Å². The van der Waals surface area contributed by atoms with E-state index in [1.807, 2.05) is 66.7 Å². The lowest BCUT2D eigenvalue weighted by atomic mass is 9.89. The molecule has 0 radical (unpaired) electrons. The van der Waals surface area contributed by atoms with Gasteiger partial charge in [-0.05, 0) is 82.3 Å². The molecule has 5 aromatic rings. The largest absolute Gasteiger partial charge is 0.489 e. The number of ether oxygens (including phenoxy) is 3. The van der Waals surface area contributed by atoms with E-state index in [1.165, 1.54) is 7.11 Å². The number of nitrogens with zero attached hydrogens (tertiary/aromatic N) is 1. The summed E-state index contributed by atoms with van der Waals surface area (Å²) in [6.07, 6.45) is 0.0693. The Morgan fingerprint density at radius 3 is 2.25 bits per heavy atom. The Hall–Kier alpha value is -5.37. The first-order chi connectivity index (χ1) is 26.2.